The van der Waals surface area contributed by atoms with Crippen LogP contribution < -0.4 is 5.32 Å². The van der Waals surface area contributed by atoms with Crippen LogP contribution in [0.25, 0.3) is 11.1 Å². The predicted molar refractivity (Wildman–Crippen MR) is 147 cm³/mol. The van der Waals surface area contributed by atoms with Gasteiger partial charge in [-0.25, -0.2) is 14.0 Å². The molecule has 1 atom stereocenters. The normalized spacial score (nSPS) is 14.5. The van der Waals surface area contributed by atoms with Crippen LogP contribution in [0.2, 0.25) is 0 Å². The minimum absolute atomic E-state index is 0.284. The Kier molecular flexibility index (Phi) is 7.61. The number of aliphatic carboxylic acids is 1. The first-order valence-electron chi connectivity index (χ1n) is 12.8. The molecule has 6 nitrogen and oxygen atoms in total. The molecule has 0 aliphatic carbocycles. The van der Waals surface area contributed by atoms with Crippen LogP contribution in [-0.4, -0.2) is 34.2 Å². The van der Waals surface area contributed by atoms with Gasteiger partial charge in [0.15, 0.2) is 6.10 Å². The van der Waals surface area contributed by atoms with Gasteiger partial charge in [0.2, 0.25) is 0 Å². The number of carboxylic acids is 1. The van der Waals surface area contributed by atoms with Gasteiger partial charge in [-0.2, -0.15) is 0 Å². The summed E-state index contributed by atoms with van der Waals surface area (Å²) < 4.78 is 19.5. The van der Waals surface area contributed by atoms with Crippen LogP contribution in [0.4, 0.5) is 14.9 Å². The molecule has 1 aliphatic heterocycles. The minimum atomic E-state index is -1.23. The Labute approximate surface area is 223 Å². The lowest BCUT2D eigenvalue weighted by Crippen LogP contribution is -2.34. The standard InChI is InChI=1S/C31H35FN2O4/c1-18-7-11-22(12-8-18)25-19(2)24-15-16-34(17-21-9-13-23(32)14-10-21)30(37)33-27(24)20(3)26(25)28(29(35)36)38-31(4,5)6/h7-14,28H,15-17H2,1-6H3,(H,33,37)(H,35,36)/t28-/m0/s1. The Hall–Kier alpha value is -3.71. The Bertz CT molecular complexity index is 1360. The molecule has 3 aromatic rings. The van der Waals surface area contributed by atoms with E-state index in [0.29, 0.717) is 36.3 Å². The number of amides is 2. The van der Waals surface area contributed by atoms with Crippen LogP contribution in [0, 0.1) is 26.6 Å². The molecule has 0 spiro atoms. The van der Waals surface area contributed by atoms with Crippen LogP contribution in [-0.2, 0) is 22.5 Å². The molecule has 0 saturated carbocycles. The van der Waals surface area contributed by atoms with E-state index in [0.717, 1.165) is 33.4 Å². The topological polar surface area (TPSA) is 78.9 Å². The summed E-state index contributed by atoms with van der Waals surface area (Å²) in [5, 5.41) is 13.4. The minimum Gasteiger partial charge on any atom is -0.479 e. The van der Waals surface area contributed by atoms with Crippen LogP contribution in [0.3, 0.4) is 0 Å². The lowest BCUT2D eigenvalue weighted by molar-refractivity contribution is -0.160. The van der Waals surface area contributed by atoms with Crippen molar-refractivity contribution < 1.29 is 23.8 Å². The third kappa shape index (κ3) is 5.73. The summed E-state index contributed by atoms with van der Waals surface area (Å²) >= 11 is 0. The Morgan fingerprint density at radius 2 is 1.68 bits per heavy atom. The van der Waals surface area contributed by atoms with E-state index in [4.69, 9.17) is 4.74 Å². The highest BCUT2D eigenvalue weighted by Gasteiger charge is 2.35. The number of rotatable bonds is 6. The van der Waals surface area contributed by atoms with Gasteiger partial charge in [0, 0.05) is 24.3 Å². The summed E-state index contributed by atoms with van der Waals surface area (Å²) in [5.41, 5.74) is 6.66. The zero-order chi connectivity index (χ0) is 27.8. The van der Waals surface area contributed by atoms with Gasteiger partial charge in [-0.3, -0.25) is 0 Å². The highest BCUT2D eigenvalue weighted by molar-refractivity contribution is 5.95. The summed E-state index contributed by atoms with van der Waals surface area (Å²) in [6, 6.07) is 13.8. The Morgan fingerprint density at radius 3 is 2.26 bits per heavy atom. The lowest BCUT2D eigenvalue weighted by atomic mass is 9.83. The summed E-state index contributed by atoms with van der Waals surface area (Å²) in [5.74, 6) is -1.41. The number of benzene rings is 3. The van der Waals surface area contributed by atoms with Crippen LogP contribution in [0.1, 0.15) is 60.3 Å². The second-order valence-corrected chi connectivity index (χ2v) is 10.9. The molecule has 0 fully saturated rings. The maximum atomic E-state index is 13.4. The number of anilines is 1. The molecule has 38 heavy (non-hydrogen) atoms. The average molecular weight is 519 g/mol. The molecule has 0 saturated heterocycles. The number of nitrogens with zero attached hydrogens (tertiary/aromatic N) is 1. The van der Waals surface area contributed by atoms with Gasteiger partial charge in [0.05, 0.1) is 5.60 Å². The number of fused-ring (bicyclic) bond motifs is 1. The number of aryl methyl sites for hydroxylation is 1. The number of urea groups is 1. The smallest absolute Gasteiger partial charge is 0.337 e. The molecule has 0 bridgehead atoms. The quantitative estimate of drug-likeness (QED) is 0.370. The summed E-state index contributed by atoms with van der Waals surface area (Å²) in [4.78, 5) is 27.6. The SMILES string of the molecule is Cc1ccc(-c2c(C)c3c(c(C)c2[C@H](OC(C)(C)C)C(=O)O)NC(=O)N(Cc2ccc(F)cc2)CC3)cc1. The fourth-order valence-corrected chi connectivity index (χ4v) is 5.07. The average Bonchev–Trinajstić information content (AvgIpc) is 3.00. The first kappa shape index (κ1) is 27.3. The third-order valence-corrected chi connectivity index (χ3v) is 6.91. The zero-order valence-electron chi connectivity index (χ0n) is 22.8. The number of hydrogen-bond donors (Lipinski definition) is 2. The Morgan fingerprint density at radius 1 is 1.05 bits per heavy atom. The molecule has 1 aliphatic rings. The Balaban J connectivity index is 1.86. The van der Waals surface area contributed by atoms with Crippen LogP contribution in [0.5, 0.6) is 0 Å². The third-order valence-electron chi connectivity index (χ3n) is 6.91. The van der Waals surface area contributed by atoms with Gasteiger partial charge in [-0.1, -0.05) is 42.0 Å². The van der Waals surface area contributed by atoms with Crippen molar-refractivity contribution in [1.29, 1.82) is 0 Å². The number of ether oxygens (including phenoxy) is 1. The summed E-state index contributed by atoms with van der Waals surface area (Å²) in [6.07, 6.45) is -0.648. The predicted octanol–water partition coefficient (Wildman–Crippen LogP) is 6.95. The number of carbonyl (C=O) groups excluding carboxylic acids is 1. The van der Waals surface area contributed by atoms with E-state index in [1.165, 1.54) is 12.1 Å². The number of halogens is 1. The van der Waals surface area contributed by atoms with Crippen molar-refractivity contribution in [3.63, 3.8) is 0 Å². The second kappa shape index (κ2) is 10.6. The maximum absolute atomic E-state index is 13.4. The lowest BCUT2D eigenvalue weighted by Gasteiger charge is -2.30. The molecular formula is C31H35FN2O4. The molecule has 200 valence electrons. The van der Waals surface area contributed by atoms with Gasteiger partial charge in [-0.15, -0.1) is 0 Å². The van der Waals surface area contributed by atoms with Gasteiger partial charge in [0.1, 0.15) is 5.82 Å². The molecule has 2 amide bonds. The van der Waals surface area contributed by atoms with Crippen LogP contribution in [0.15, 0.2) is 48.5 Å². The van der Waals surface area contributed by atoms with Crippen molar-refractivity contribution in [2.45, 2.75) is 66.2 Å². The number of carboxylic acid groups (broad SMARTS) is 1. The highest BCUT2D eigenvalue weighted by Crippen LogP contribution is 2.44. The molecule has 2 N–H and O–H groups in total. The number of carbonyl (C=O) groups is 2. The van der Waals surface area contributed by atoms with E-state index in [-0.39, 0.29) is 11.8 Å². The van der Waals surface area contributed by atoms with Gasteiger partial charge < -0.3 is 20.1 Å². The maximum Gasteiger partial charge on any atom is 0.337 e. The van der Waals surface area contributed by atoms with Gasteiger partial charge in [0.25, 0.3) is 0 Å². The number of nitrogens with one attached hydrogen (secondary N) is 1. The van der Waals surface area contributed by atoms with Crippen molar-refractivity contribution in [3.05, 3.63) is 87.7 Å². The number of hydrogen-bond acceptors (Lipinski definition) is 3. The first-order chi connectivity index (χ1) is 17.9. The van der Waals surface area contributed by atoms with Gasteiger partial charge >= 0.3 is 12.0 Å². The molecule has 0 unspecified atom stereocenters. The monoisotopic (exact) mass is 518 g/mol. The largest absolute Gasteiger partial charge is 0.479 e. The van der Waals surface area contributed by atoms with Crippen molar-refractivity contribution in [2.24, 2.45) is 0 Å². The van der Waals surface area contributed by atoms with E-state index < -0.39 is 17.7 Å². The van der Waals surface area contributed by atoms with E-state index >= 15 is 0 Å². The molecule has 7 heteroatoms. The van der Waals surface area contributed by atoms with E-state index in [1.54, 1.807) is 17.0 Å². The molecular weight excluding hydrogens is 483 g/mol. The van der Waals surface area contributed by atoms with Crippen molar-refractivity contribution >= 4 is 17.7 Å². The molecule has 3 aromatic carbocycles. The van der Waals surface area contributed by atoms with Crippen molar-refractivity contribution in [2.75, 3.05) is 11.9 Å². The highest BCUT2D eigenvalue weighted by atomic mass is 19.1. The first-order valence-corrected chi connectivity index (χ1v) is 12.8. The fraction of sp³-hybridized carbons (Fsp3) is 0.355. The van der Waals surface area contributed by atoms with Crippen molar-refractivity contribution in [3.8, 4) is 11.1 Å². The molecule has 1 heterocycles. The molecule has 0 aromatic heterocycles. The fourth-order valence-electron chi connectivity index (χ4n) is 5.07. The van der Waals surface area contributed by atoms with Crippen molar-refractivity contribution in [1.82, 2.24) is 4.90 Å². The summed E-state index contributed by atoms with van der Waals surface area (Å²) in [7, 11) is 0. The van der Waals surface area contributed by atoms with E-state index in [9.17, 15) is 19.1 Å². The molecule has 0 radical (unpaired) electrons. The zero-order valence-corrected chi connectivity index (χ0v) is 22.8. The van der Waals surface area contributed by atoms with Gasteiger partial charge in [-0.05, 0) is 93.5 Å². The van der Waals surface area contributed by atoms with E-state index in [1.807, 2.05) is 65.8 Å². The van der Waals surface area contributed by atoms with E-state index in [2.05, 4.69) is 5.32 Å². The molecule has 4 rings (SSSR count). The second-order valence-electron chi connectivity index (χ2n) is 10.9. The summed E-state index contributed by atoms with van der Waals surface area (Å²) in [6.45, 7) is 12.1. The van der Waals surface area contributed by atoms with Crippen LogP contribution >= 0.6 is 0 Å².